The maximum atomic E-state index is 6.04. The largest absolute Gasteiger partial charge is 0.370 e. The molecule has 1 nitrogen and oxygen atoms in total. The standard InChI is InChI=1S/C12H20O/c1-10-6-4-7-11(2,3)12(10)8-5-9-13-12/h6H,4-5,7-9H2,1-3H3. The highest BCUT2D eigenvalue weighted by molar-refractivity contribution is 5.24. The summed E-state index contributed by atoms with van der Waals surface area (Å²) >= 11 is 0. The minimum atomic E-state index is 0.0885. The zero-order valence-corrected chi connectivity index (χ0v) is 9.02. The van der Waals surface area contributed by atoms with Gasteiger partial charge < -0.3 is 4.74 Å². The first-order valence-corrected chi connectivity index (χ1v) is 5.40. The first kappa shape index (κ1) is 9.26. The molecular formula is C12H20O. The molecule has 0 amide bonds. The second-order valence-corrected chi connectivity index (χ2v) is 5.09. The SMILES string of the molecule is CC1=CCCC(C)(C)C12CCCO2. The van der Waals surface area contributed by atoms with Gasteiger partial charge in [-0.3, -0.25) is 0 Å². The monoisotopic (exact) mass is 180 g/mol. The van der Waals surface area contributed by atoms with E-state index in [0.717, 1.165) is 6.61 Å². The van der Waals surface area contributed by atoms with Crippen molar-refractivity contribution in [2.24, 2.45) is 5.41 Å². The molecule has 2 rings (SSSR count). The minimum Gasteiger partial charge on any atom is -0.370 e. The predicted molar refractivity (Wildman–Crippen MR) is 54.7 cm³/mol. The smallest absolute Gasteiger partial charge is 0.0940 e. The molecule has 2 aliphatic rings. The van der Waals surface area contributed by atoms with Crippen molar-refractivity contribution < 1.29 is 4.74 Å². The number of rotatable bonds is 0. The maximum Gasteiger partial charge on any atom is 0.0940 e. The van der Waals surface area contributed by atoms with Crippen LogP contribution >= 0.6 is 0 Å². The molecule has 0 radical (unpaired) electrons. The molecule has 0 aromatic rings. The molecule has 1 heterocycles. The minimum absolute atomic E-state index is 0.0885. The molecule has 0 bridgehead atoms. The Morgan fingerprint density at radius 1 is 1.31 bits per heavy atom. The Balaban J connectivity index is 2.39. The lowest BCUT2D eigenvalue weighted by Crippen LogP contribution is -2.47. The highest BCUT2D eigenvalue weighted by atomic mass is 16.5. The molecule has 1 aliphatic heterocycles. The third kappa shape index (κ3) is 1.17. The van der Waals surface area contributed by atoms with Gasteiger partial charge in [0.05, 0.1) is 5.60 Å². The first-order chi connectivity index (χ1) is 6.08. The molecular weight excluding hydrogens is 160 g/mol. The molecule has 1 unspecified atom stereocenters. The summed E-state index contributed by atoms with van der Waals surface area (Å²) in [4.78, 5) is 0. The van der Waals surface area contributed by atoms with Crippen molar-refractivity contribution in [2.45, 2.75) is 52.1 Å². The highest BCUT2D eigenvalue weighted by Gasteiger charge is 2.50. The molecule has 1 aliphatic carbocycles. The van der Waals surface area contributed by atoms with Gasteiger partial charge in [-0.15, -0.1) is 0 Å². The number of hydrogen-bond acceptors (Lipinski definition) is 1. The summed E-state index contributed by atoms with van der Waals surface area (Å²) in [5.41, 5.74) is 1.90. The summed E-state index contributed by atoms with van der Waals surface area (Å²) in [5, 5.41) is 0. The molecule has 0 aromatic carbocycles. The fourth-order valence-corrected chi connectivity index (χ4v) is 3.03. The van der Waals surface area contributed by atoms with Crippen LogP contribution in [0.4, 0.5) is 0 Å². The Labute approximate surface area is 81.2 Å². The highest BCUT2D eigenvalue weighted by Crippen LogP contribution is 2.51. The van der Waals surface area contributed by atoms with Gasteiger partial charge in [-0.2, -0.15) is 0 Å². The lowest BCUT2D eigenvalue weighted by Gasteiger charge is -2.47. The van der Waals surface area contributed by atoms with Crippen LogP contribution in [-0.4, -0.2) is 12.2 Å². The lowest BCUT2D eigenvalue weighted by molar-refractivity contribution is -0.0651. The molecule has 1 spiro atoms. The van der Waals surface area contributed by atoms with Crippen molar-refractivity contribution in [2.75, 3.05) is 6.61 Å². The summed E-state index contributed by atoms with van der Waals surface area (Å²) in [5.74, 6) is 0. The van der Waals surface area contributed by atoms with Gasteiger partial charge in [-0.05, 0) is 43.6 Å². The van der Waals surface area contributed by atoms with E-state index in [2.05, 4.69) is 26.8 Å². The Morgan fingerprint density at radius 3 is 2.62 bits per heavy atom. The predicted octanol–water partition coefficient (Wildman–Crippen LogP) is 3.30. The van der Waals surface area contributed by atoms with Crippen molar-refractivity contribution in [1.29, 1.82) is 0 Å². The summed E-state index contributed by atoms with van der Waals surface area (Å²) in [6, 6.07) is 0. The van der Waals surface area contributed by atoms with Crippen LogP contribution in [0.5, 0.6) is 0 Å². The van der Waals surface area contributed by atoms with Gasteiger partial charge in [0.25, 0.3) is 0 Å². The van der Waals surface area contributed by atoms with Gasteiger partial charge in [0, 0.05) is 6.61 Å². The third-order valence-electron chi connectivity index (χ3n) is 3.97. The van der Waals surface area contributed by atoms with E-state index in [4.69, 9.17) is 4.74 Å². The van der Waals surface area contributed by atoms with E-state index in [0.29, 0.717) is 5.41 Å². The van der Waals surface area contributed by atoms with Crippen LogP contribution in [0.25, 0.3) is 0 Å². The number of allylic oxidation sites excluding steroid dienone is 1. The number of hydrogen-bond donors (Lipinski definition) is 0. The van der Waals surface area contributed by atoms with Gasteiger partial charge in [0.1, 0.15) is 0 Å². The lowest BCUT2D eigenvalue weighted by atomic mass is 9.64. The van der Waals surface area contributed by atoms with Gasteiger partial charge >= 0.3 is 0 Å². The van der Waals surface area contributed by atoms with Crippen LogP contribution < -0.4 is 0 Å². The van der Waals surface area contributed by atoms with E-state index in [1.165, 1.54) is 31.3 Å². The van der Waals surface area contributed by atoms with Crippen molar-refractivity contribution >= 4 is 0 Å². The topological polar surface area (TPSA) is 9.23 Å². The molecule has 1 saturated heterocycles. The Bertz CT molecular complexity index is 232. The quantitative estimate of drug-likeness (QED) is 0.520. The van der Waals surface area contributed by atoms with E-state index >= 15 is 0 Å². The normalized spacial score (nSPS) is 37.9. The van der Waals surface area contributed by atoms with Crippen LogP contribution in [0.15, 0.2) is 11.6 Å². The van der Waals surface area contributed by atoms with E-state index in [1.807, 2.05) is 0 Å². The zero-order valence-electron chi connectivity index (χ0n) is 9.02. The fraction of sp³-hybridized carbons (Fsp3) is 0.833. The van der Waals surface area contributed by atoms with Crippen molar-refractivity contribution in [3.05, 3.63) is 11.6 Å². The third-order valence-corrected chi connectivity index (χ3v) is 3.97. The Hall–Kier alpha value is -0.300. The van der Waals surface area contributed by atoms with Crippen molar-refractivity contribution in [3.63, 3.8) is 0 Å². The molecule has 0 aromatic heterocycles. The molecule has 74 valence electrons. The summed E-state index contributed by atoms with van der Waals surface area (Å²) < 4.78 is 6.04. The van der Waals surface area contributed by atoms with Crippen molar-refractivity contribution in [1.82, 2.24) is 0 Å². The molecule has 1 atom stereocenters. The first-order valence-electron chi connectivity index (χ1n) is 5.40. The summed E-state index contributed by atoms with van der Waals surface area (Å²) in [7, 11) is 0. The van der Waals surface area contributed by atoms with Gasteiger partial charge in [-0.25, -0.2) is 0 Å². The average molecular weight is 180 g/mol. The van der Waals surface area contributed by atoms with E-state index in [1.54, 1.807) is 0 Å². The van der Waals surface area contributed by atoms with E-state index in [-0.39, 0.29) is 5.60 Å². The average Bonchev–Trinajstić information content (AvgIpc) is 2.50. The summed E-state index contributed by atoms with van der Waals surface area (Å²) in [6.45, 7) is 7.91. The van der Waals surface area contributed by atoms with Gasteiger partial charge in [-0.1, -0.05) is 19.9 Å². The zero-order chi connectivity index (χ0) is 9.53. The Kier molecular flexibility index (Phi) is 2.03. The van der Waals surface area contributed by atoms with Gasteiger partial charge in [0.15, 0.2) is 0 Å². The van der Waals surface area contributed by atoms with E-state index < -0.39 is 0 Å². The summed E-state index contributed by atoms with van der Waals surface area (Å²) in [6.07, 6.45) is 7.32. The second-order valence-electron chi connectivity index (χ2n) is 5.09. The Morgan fingerprint density at radius 2 is 2.08 bits per heavy atom. The fourth-order valence-electron chi connectivity index (χ4n) is 3.03. The van der Waals surface area contributed by atoms with Crippen LogP contribution in [0, 0.1) is 5.41 Å². The second kappa shape index (κ2) is 2.84. The molecule has 1 heteroatoms. The molecule has 0 saturated carbocycles. The molecule has 0 N–H and O–H groups in total. The molecule has 1 fully saturated rings. The molecule has 13 heavy (non-hydrogen) atoms. The van der Waals surface area contributed by atoms with Crippen molar-refractivity contribution in [3.8, 4) is 0 Å². The van der Waals surface area contributed by atoms with Crippen LogP contribution in [0.1, 0.15) is 46.5 Å². The number of ether oxygens (including phenoxy) is 1. The van der Waals surface area contributed by atoms with Crippen LogP contribution in [0.3, 0.4) is 0 Å². The van der Waals surface area contributed by atoms with E-state index in [9.17, 15) is 0 Å². The maximum absolute atomic E-state index is 6.04. The van der Waals surface area contributed by atoms with Gasteiger partial charge in [0.2, 0.25) is 0 Å². The van der Waals surface area contributed by atoms with Crippen LogP contribution in [-0.2, 0) is 4.74 Å². The van der Waals surface area contributed by atoms with Crippen LogP contribution in [0.2, 0.25) is 0 Å².